The molecule has 0 radical (unpaired) electrons. The van der Waals surface area contributed by atoms with Gasteiger partial charge in [0.1, 0.15) is 0 Å². The Kier molecular flexibility index (Phi) is 6.22. The highest BCUT2D eigenvalue weighted by molar-refractivity contribution is 7.98. The molecule has 0 saturated carbocycles. The minimum absolute atomic E-state index is 0.0377. The molecular formula is C21H25NO3S. The summed E-state index contributed by atoms with van der Waals surface area (Å²) in [5.74, 6) is 0.910. The largest absolute Gasteiger partial charge is 0.504 e. The molecule has 0 amide bonds. The number of methoxy groups -OCH3 is 1. The molecule has 4 nitrogen and oxygen atoms in total. The summed E-state index contributed by atoms with van der Waals surface area (Å²) in [6.45, 7) is 2.46. The first kappa shape index (κ1) is 18.8. The lowest BCUT2D eigenvalue weighted by atomic mass is 9.90. The molecular weight excluding hydrogens is 346 g/mol. The number of aromatic hydroxyl groups is 1. The van der Waals surface area contributed by atoms with Crippen LogP contribution in [0.25, 0.3) is 0 Å². The molecule has 0 aromatic heterocycles. The fraction of sp³-hybridized carbons (Fsp3) is 0.381. The normalized spacial score (nSPS) is 17.8. The predicted octanol–water partition coefficient (Wildman–Crippen LogP) is 4.22. The van der Waals surface area contributed by atoms with E-state index in [-0.39, 0.29) is 17.5 Å². The molecule has 1 saturated heterocycles. The number of phenolic OH excluding ortho intramolecular Hbond substituents is 1. The van der Waals surface area contributed by atoms with Gasteiger partial charge in [0, 0.05) is 29.5 Å². The van der Waals surface area contributed by atoms with E-state index in [1.807, 2.05) is 36.6 Å². The Morgan fingerprint density at radius 2 is 2.04 bits per heavy atom. The lowest BCUT2D eigenvalue weighted by Crippen LogP contribution is -2.38. The van der Waals surface area contributed by atoms with E-state index >= 15 is 0 Å². The quantitative estimate of drug-likeness (QED) is 0.609. The van der Waals surface area contributed by atoms with Gasteiger partial charge in [-0.25, -0.2) is 0 Å². The van der Waals surface area contributed by atoms with Crippen molar-refractivity contribution in [1.29, 1.82) is 0 Å². The number of carbonyl (C=O) groups is 1. The van der Waals surface area contributed by atoms with Crippen molar-refractivity contribution in [2.24, 2.45) is 5.92 Å². The summed E-state index contributed by atoms with van der Waals surface area (Å²) in [7, 11) is 1.54. The molecule has 1 aliphatic heterocycles. The number of thioether (sulfide) groups is 1. The maximum Gasteiger partial charge on any atom is 0.167 e. The van der Waals surface area contributed by atoms with Gasteiger partial charge in [0.2, 0.25) is 0 Å². The maximum atomic E-state index is 12.8. The summed E-state index contributed by atoms with van der Waals surface area (Å²) < 4.78 is 5.09. The summed E-state index contributed by atoms with van der Waals surface area (Å²) in [6, 6.07) is 13.4. The number of ketones is 1. The maximum absolute atomic E-state index is 12.8. The molecule has 1 heterocycles. The summed E-state index contributed by atoms with van der Waals surface area (Å²) in [4.78, 5) is 16.3. The van der Waals surface area contributed by atoms with Crippen molar-refractivity contribution >= 4 is 17.5 Å². The standard InChI is InChI=1S/C21H25NO3S/c1-25-20-10-5-15(12-19(20)23)13-22-11-3-4-17(14-22)21(24)16-6-8-18(26-2)9-7-16/h5-10,12,17,23H,3-4,11,13-14H2,1-2H3. The molecule has 0 bridgehead atoms. The minimum Gasteiger partial charge on any atom is -0.504 e. The van der Waals surface area contributed by atoms with E-state index in [0.29, 0.717) is 5.75 Å². The van der Waals surface area contributed by atoms with Crippen LogP contribution in [0, 0.1) is 5.92 Å². The van der Waals surface area contributed by atoms with Crippen LogP contribution in [-0.2, 0) is 6.54 Å². The zero-order chi connectivity index (χ0) is 18.5. The van der Waals surface area contributed by atoms with E-state index in [9.17, 15) is 9.90 Å². The van der Waals surface area contributed by atoms with Crippen molar-refractivity contribution in [3.8, 4) is 11.5 Å². The molecule has 5 heteroatoms. The summed E-state index contributed by atoms with van der Waals surface area (Å²) >= 11 is 1.68. The third kappa shape index (κ3) is 4.40. The van der Waals surface area contributed by atoms with Crippen LogP contribution in [0.2, 0.25) is 0 Å². The number of nitrogens with zero attached hydrogens (tertiary/aromatic N) is 1. The van der Waals surface area contributed by atoms with Crippen molar-refractivity contribution in [1.82, 2.24) is 4.90 Å². The molecule has 1 N–H and O–H groups in total. The summed E-state index contributed by atoms with van der Waals surface area (Å²) in [5.41, 5.74) is 1.83. The fourth-order valence-corrected chi connectivity index (χ4v) is 3.90. The highest BCUT2D eigenvalue weighted by Crippen LogP contribution is 2.28. The van der Waals surface area contributed by atoms with Crippen molar-refractivity contribution in [2.45, 2.75) is 24.3 Å². The van der Waals surface area contributed by atoms with Gasteiger partial charge in [-0.15, -0.1) is 11.8 Å². The Morgan fingerprint density at radius 3 is 2.69 bits per heavy atom. The number of Topliss-reactive ketones (excluding diaryl/α,β-unsaturated/α-hetero) is 1. The molecule has 26 heavy (non-hydrogen) atoms. The molecule has 0 aliphatic carbocycles. The van der Waals surface area contributed by atoms with Crippen LogP contribution in [0.15, 0.2) is 47.4 Å². The second-order valence-electron chi connectivity index (χ2n) is 6.67. The number of rotatable bonds is 6. The Hall–Kier alpha value is -1.98. The van der Waals surface area contributed by atoms with Gasteiger partial charge in [-0.3, -0.25) is 9.69 Å². The Bertz CT molecular complexity index is 760. The third-order valence-electron chi connectivity index (χ3n) is 4.90. The Balaban J connectivity index is 1.64. The second-order valence-corrected chi connectivity index (χ2v) is 7.55. The van der Waals surface area contributed by atoms with E-state index in [0.717, 1.165) is 43.6 Å². The van der Waals surface area contributed by atoms with Crippen molar-refractivity contribution in [3.63, 3.8) is 0 Å². The summed E-state index contributed by atoms with van der Waals surface area (Å²) in [5, 5.41) is 9.95. The topological polar surface area (TPSA) is 49.8 Å². The lowest BCUT2D eigenvalue weighted by Gasteiger charge is -2.32. The van der Waals surface area contributed by atoms with Gasteiger partial charge in [-0.2, -0.15) is 0 Å². The number of phenols is 1. The van der Waals surface area contributed by atoms with Crippen molar-refractivity contribution in [2.75, 3.05) is 26.5 Å². The first-order valence-electron chi connectivity index (χ1n) is 8.87. The van der Waals surface area contributed by atoms with E-state index in [1.165, 1.54) is 4.90 Å². The number of hydrogen-bond acceptors (Lipinski definition) is 5. The third-order valence-corrected chi connectivity index (χ3v) is 5.64. The van der Waals surface area contributed by atoms with Gasteiger partial charge in [0.25, 0.3) is 0 Å². The van der Waals surface area contributed by atoms with Gasteiger partial charge in [-0.05, 0) is 55.5 Å². The number of likely N-dealkylation sites (tertiary alicyclic amines) is 1. The van der Waals surface area contributed by atoms with Crippen LogP contribution in [0.1, 0.15) is 28.8 Å². The molecule has 1 fully saturated rings. The van der Waals surface area contributed by atoms with Gasteiger partial charge in [0.05, 0.1) is 7.11 Å². The van der Waals surface area contributed by atoms with Crippen LogP contribution < -0.4 is 4.74 Å². The number of piperidine rings is 1. The van der Waals surface area contributed by atoms with E-state index < -0.39 is 0 Å². The van der Waals surface area contributed by atoms with Crippen LogP contribution in [0.5, 0.6) is 11.5 Å². The van der Waals surface area contributed by atoms with E-state index in [4.69, 9.17) is 4.74 Å². The number of hydrogen-bond donors (Lipinski definition) is 1. The van der Waals surface area contributed by atoms with Crippen LogP contribution >= 0.6 is 11.8 Å². The van der Waals surface area contributed by atoms with Gasteiger partial charge >= 0.3 is 0 Å². The van der Waals surface area contributed by atoms with Crippen molar-refractivity contribution < 1.29 is 14.6 Å². The van der Waals surface area contributed by atoms with Crippen LogP contribution in [0.4, 0.5) is 0 Å². The van der Waals surface area contributed by atoms with Crippen molar-refractivity contribution in [3.05, 3.63) is 53.6 Å². The lowest BCUT2D eigenvalue weighted by molar-refractivity contribution is 0.0811. The van der Waals surface area contributed by atoms with Gasteiger partial charge in [-0.1, -0.05) is 18.2 Å². The molecule has 2 aromatic rings. The average molecular weight is 372 g/mol. The Morgan fingerprint density at radius 1 is 1.27 bits per heavy atom. The molecule has 3 rings (SSSR count). The van der Waals surface area contributed by atoms with Gasteiger partial charge < -0.3 is 9.84 Å². The van der Waals surface area contributed by atoms with E-state index in [1.54, 1.807) is 31.0 Å². The zero-order valence-corrected chi connectivity index (χ0v) is 16.1. The molecule has 1 aliphatic rings. The molecule has 1 atom stereocenters. The van der Waals surface area contributed by atoms with E-state index in [2.05, 4.69) is 4.90 Å². The van der Waals surface area contributed by atoms with Crippen LogP contribution in [-0.4, -0.2) is 42.2 Å². The molecule has 138 valence electrons. The highest BCUT2D eigenvalue weighted by Gasteiger charge is 2.26. The smallest absolute Gasteiger partial charge is 0.167 e. The first-order valence-corrected chi connectivity index (χ1v) is 10.1. The monoisotopic (exact) mass is 371 g/mol. The first-order chi connectivity index (χ1) is 12.6. The molecule has 0 spiro atoms. The number of benzene rings is 2. The highest BCUT2D eigenvalue weighted by atomic mass is 32.2. The minimum atomic E-state index is 0.0377. The fourth-order valence-electron chi connectivity index (χ4n) is 3.50. The molecule has 1 unspecified atom stereocenters. The summed E-state index contributed by atoms with van der Waals surface area (Å²) in [6.07, 6.45) is 3.99. The average Bonchev–Trinajstić information content (AvgIpc) is 2.68. The van der Waals surface area contributed by atoms with Gasteiger partial charge in [0.15, 0.2) is 17.3 Å². The predicted molar refractivity (Wildman–Crippen MR) is 105 cm³/mol. The number of carbonyl (C=O) groups excluding carboxylic acids is 1. The SMILES string of the molecule is COc1ccc(CN2CCCC(C(=O)c3ccc(SC)cc3)C2)cc1O. The van der Waals surface area contributed by atoms with Crippen LogP contribution in [0.3, 0.4) is 0 Å². The molecule has 2 aromatic carbocycles. The zero-order valence-electron chi connectivity index (χ0n) is 15.3. The number of ether oxygens (including phenoxy) is 1. The Labute approximate surface area is 159 Å². The second kappa shape index (κ2) is 8.60.